The quantitative estimate of drug-likeness (QED) is 0.767. The second-order valence-electron chi connectivity index (χ2n) is 4.76. The first-order valence-corrected chi connectivity index (χ1v) is 5.78. The van der Waals surface area contributed by atoms with Crippen molar-refractivity contribution in [2.45, 2.75) is 31.7 Å². The number of nitrogens with one attached hydrogen (secondary N) is 1. The van der Waals surface area contributed by atoms with E-state index in [0.29, 0.717) is 12.0 Å². The van der Waals surface area contributed by atoms with Gasteiger partial charge in [-0.25, -0.2) is 4.39 Å². The summed E-state index contributed by atoms with van der Waals surface area (Å²) in [6.45, 7) is 6.78. The number of benzene rings is 1. The Bertz CT molecular complexity index is 380. The van der Waals surface area contributed by atoms with Gasteiger partial charge < -0.3 is 5.32 Å². The average molecular weight is 219 g/mol. The topological polar surface area (TPSA) is 12.0 Å². The highest BCUT2D eigenvalue weighted by Gasteiger charge is 2.29. The molecule has 0 spiro atoms. The van der Waals surface area contributed by atoms with E-state index in [1.54, 1.807) is 12.1 Å². The first-order valence-electron chi connectivity index (χ1n) is 5.78. The van der Waals surface area contributed by atoms with E-state index >= 15 is 0 Å². The second-order valence-corrected chi connectivity index (χ2v) is 4.76. The summed E-state index contributed by atoms with van der Waals surface area (Å²) in [5, 5.41) is 3.44. The van der Waals surface area contributed by atoms with E-state index in [1.165, 1.54) is 6.07 Å². The molecule has 2 heteroatoms. The molecule has 1 fully saturated rings. The zero-order chi connectivity index (χ0) is 11.5. The monoisotopic (exact) mass is 219 g/mol. The van der Waals surface area contributed by atoms with Gasteiger partial charge in [0.15, 0.2) is 0 Å². The van der Waals surface area contributed by atoms with Gasteiger partial charge in [-0.2, -0.15) is 0 Å². The van der Waals surface area contributed by atoms with Crippen LogP contribution in [0.4, 0.5) is 4.39 Å². The molecule has 0 saturated heterocycles. The fourth-order valence-corrected chi connectivity index (χ4v) is 2.14. The van der Waals surface area contributed by atoms with Crippen LogP contribution in [0, 0.1) is 5.82 Å². The Morgan fingerprint density at radius 3 is 2.88 bits per heavy atom. The molecule has 2 rings (SSSR count). The minimum absolute atomic E-state index is 0.129. The molecule has 0 aromatic heterocycles. The molecular weight excluding hydrogens is 201 g/mol. The van der Waals surface area contributed by atoms with Crippen molar-refractivity contribution in [2.24, 2.45) is 0 Å². The first-order chi connectivity index (χ1) is 7.65. The van der Waals surface area contributed by atoms with E-state index in [-0.39, 0.29) is 5.82 Å². The summed E-state index contributed by atoms with van der Waals surface area (Å²) in [4.78, 5) is 0. The lowest BCUT2D eigenvalue weighted by molar-refractivity contribution is 0.297. The SMILES string of the molecule is C=C(C)CNC1CC(c2cccc(F)c2)C1. The number of halogens is 1. The Morgan fingerprint density at radius 1 is 1.50 bits per heavy atom. The lowest BCUT2D eigenvalue weighted by Crippen LogP contribution is -2.40. The Balaban J connectivity index is 1.82. The van der Waals surface area contributed by atoms with Gasteiger partial charge >= 0.3 is 0 Å². The van der Waals surface area contributed by atoms with E-state index in [9.17, 15) is 4.39 Å². The first kappa shape index (κ1) is 11.3. The zero-order valence-electron chi connectivity index (χ0n) is 9.67. The maximum absolute atomic E-state index is 13.0. The zero-order valence-corrected chi connectivity index (χ0v) is 9.67. The molecular formula is C14H18FN. The van der Waals surface area contributed by atoms with Gasteiger partial charge in [-0.05, 0) is 43.4 Å². The van der Waals surface area contributed by atoms with Crippen molar-refractivity contribution in [3.63, 3.8) is 0 Å². The van der Waals surface area contributed by atoms with Gasteiger partial charge in [0.1, 0.15) is 5.82 Å². The fourth-order valence-electron chi connectivity index (χ4n) is 2.14. The molecule has 1 saturated carbocycles. The van der Waals surface area contributed by atoms with Gasteiger partial charge in [-0.1, -0.05) is 24.3 Å². The van der Waals surface area contributed by atoms with Crippen molar-refractivity contribution in [3.05, 3.63) is 47.8 Å². The largest absolute Gasteiger partial charge is 0.310 e. The molecule has 1 aliphatic rings. The van der Waals surface area contributed by atoms with Crippen LogP contribution in [0.3, 0.4) is 0 Å². The smallest absolute Gasteiger partial charge is 0.123 e. The predicted octanol–water partition coefficient (Wildman–Crippen LogP) is 3.24. The minimum atomic E-state index is -0.129. The van der Waals surface area contributed by atoms with Gasteiger partial charge in [-0.3, -0.25) is 0 Å². The van der Waals surface area contributed by atoms with Crippen LogP contribution in [0.2, 0.25) is 0 Å². The van der Waals surface area contributed by atoms with E-state index in [2.05, 4.69) is 11.9 Å². The maximum Gasteiger partial charge on any atom is 0.123 e. The van der Waals surface area contributed by atoms with Gasteiger partial charge in [-0.15, -0.1) is 0 Å². The highest BCUT2D eigenvalue weighted by molar-refractivity contribution is 5.23. The van der Waals surface area contributed by atoms with Crippen molar-refractivity contribution in [2.75, 3.05) is 6.54 Å². The van der Waals surface area contributed by atoms with Crippen LogP contribution in [0.5, 0.6) is 0 Å². The standard InChI is InChI=1S/C14H18FN/c1-10(2)9-16-14-7-12(8-14)11-4-3-5-13(15)6-11/h3-6,12,14,16H,1,7-9H2,2H3. The number of hydrogen-bond donors (Lipinski definition) is 1. The molecule has 1 aromatic rings. The van der Waals surface area contributed by atoms with Crippen LogP contribution < -0.4 is 5.32 Å². The highest BCUT2D eigenvalue weighted by Crippen LogP contribution is 2.36. The Morgan fingerprint density at radius 2 is 2.25 bits per heavy atom. The molecule has 0 amide bonds. The van der Waals surface area contributed by atoms with E-state index < -0.39 is 0 Å². The lowest BCUT2D eigenvalue weighted by Gasteiger charge is -2.36. The van der Waals surface area contributed by atoms with E-state index in [1.807, 2.05) is 13.0 Å². The molecule has 16 heavy (non-hydrogen) atoms. The normalized spacial score (nSPS) is 23.9. The van der Waals surface area contributed by atoms with Crippen LogP contribution in [0.1, 0.15) is 31.2 Å². The third kappa shape index (κ3) is 2.70. The highest BCUT2D eigenvalue weighted by atomic mass is 19.1. The predicted molar refractivity (Wildman–Crippen MR) is 65.0 cm³/mol. The van der Waals surface area contributed by atoms with Crippen molar-refractivity contribution >= 4 is 0 Å². The van der Waals surface area contributed by atoms with Gasteiger partial charge in [0.25, 0.3) is 0 Å². The Hall–Kier alpha value is -1.15. The molecule has 0 radical (unpaired) electrons. The van der Waals surface area contributed by atoms with Gasteiger partial charge in [0.2, 0.25) is 0 Å². The van der Waals surface area contributed by atoms with Gasteiger partial charge in [0.05, 0.1) is 0 Å². The van der Waals surface area contributed by atoms with E-state index in [4.69, 9.17) is 0 Å². The number of hydrogen-bond acceptors (Lipinski definition) is 1. The molecule has 1 aliphatic carbocycles. The van der Waals surface area contributed by atoms with Crippen LogP contribution in [0.15, 0.2) is 36.4 Å². The molecule has 1 aromatic carbocycles. The minimum Gasteiger partial charge on any atom is -0.310 e. The van der Waals surface area contributed by atoms with Crippen LogP contribution in [-0.4, -0.2) is 12.6 Å². The number of rotatable bonds is 4. The molecule has 0 atom stereocenters. The molecule has 1 nitrogen and oxygen atoms in total. The second kappa shape index (κ2) is 4.79. The lowest BCUT2D eigenvalue weighted by atomic mass is 9.76. The van der Waals surface area contributed by atoms with Crippen LogP contribution in [0.25, 0.3) is 0 Å². The van der Waals surface area contributed by atoms with Crippen molar-refractivity contribution in [3.8, 4) is 0 Å². The fraction of sp³-hybridized carbons (Fsp3) is 0.429. The van der Waals surface area contributed by atoms with E-state index in [0.717, 1.165) is 30.5 Å². The Kier molecular flexibility index (Phi) is 3.39. The van der Waals surface area contributed by atoms with Crippen molar-refractivity contribution in [1.82, 2.24) is 5.32 Å². The summed E-state index contributed by atoms with van der Waals surface area (Å²) in [6.07, 6.45) is 2.22. The average Bonchev–Trinajstić information content (AvgIpc) is 2.14. The maximum atomic E-state index is 13.0. The summed E-state index contributed by atoms with van der Waals surface area (Å²) in [6, 6.07) is 7.53. The molecule has 0 heterocycles. The molecule has 86 valence electrons. The van der Waals surface area contributed by atoms with Crippen molar-refractivity contribution in [1.29, 1.82) is 0 Å². The summed E-state index contributed by atoms with van der Waals surface area (Å²) < 4.78 is 13.0. The van der Waals surface area contributed by atoms with Crippen LogP contribution in [-0.2, 0) is 0 Å². The third-order valence-corrected chi connectivity index (χ3v) is 3.15. The summed E-state index contributed by atoms with van der Waals surface area (Å²) in [5.41, 5.74) is 2.29. The molecule has 1 N–H and O–H groups in total. The Labute approximate surface area is 96.4 Å². The summed E-state index contributed by atoms with van der Waals surface area (Å²) >= 11 is 0. The summed E-state index contributed by atoms with van der Waals surface area (Å²) in [5.74, 6) is 0.397. The molecule has 0 unspecified atom stereocenters. The van der Waals surface area contributed by atoms with Crippen LogP contribution >= 0.6 is 0 Å². The molecule has 0 aliphatic heterocycles. The van der Waals surface area contributed by atoms with Crippen molar-refractivity contribution < 1.29 is 4.39 Å². The molecule has 0 bridgehead atoms. The summed E-state index contributed by atoms with van der Waals surface area (Å²) in [7, 11) is 0. The third-order valence-electron chi connectivity index (χ3n) is 3.15. The van der Waals surface area contributed by atoms with Gasteiger partial charge in [0, 0.05) is 12.6 Å².